The number of aliphatic hydroxyl groups is 1. The van der Waals surface area contributed by atoms with Crippen LogP contribution in [0.15, 0.2) is 42.5 Å². The molecule has 0 amide bonds. The van der Waals surface area contributed by atoms with Crippen LogP contribution in [0.2, 0.25) is 0 Å². The third-order valence-corrected chi connectivity index (χ3v) is 4.95. The molecule has 6 heteroatoms. The molecule has 4 rings (SSSR count). The van der Waals surface area contributed by atoms with Crippen LogP contribution >= 0.6 is 0 Å². The van der Waals surface area contributed by atoms with Crippen molar-refractivity contribution in [3.05, 3.63) is 53.6 Å². The Hall–Kier alpha value is -2.73. The van der Waals surface area contributed by atoms with Gasteiger partial charge in [-0.3, -0.25) is 4.79 Å². The Bertz CT molecular complexity index is 800. The summed E-state index contributed by atoms with van der Waals surface area (Å²) in [5.41, 5.74) is 1.69. The van der Waals surface area contributed by atoms with E-state index in [-0.39, 0.29) is 18.7 Å². The molecule has 1 saturated heterocycles. The lowest BCUT2D eigenvalue weighted by atomic mass is 9.83. The minimum absolute atomic E-state index is 0.111. The first-order valence-electron chi connectivity index (χ1n) is 8.53. The zero-order chi connectivity index (χ0) is 18.1. The summed E-state index contributed by atoms with van der Waals surface area (Å²) < 4.78 is 21.1. The lowest BCUT2D eigenvalue weighted by molar-refractivity contribution is -0.144. The number of fused-ring (bicyclic) bond motifs is 1. The van der Waals surface area contributed by atoms with Crippen molar-refractivity contribution in [2.75, 3.05) is 20.5 Å². The van der Waals surface area contributed by atoms with Crippen LogP contribution in [0.1, 0.15) is 17.2 Å². The lowest BCUT2D eigenvalue weighted by Gasteiger charge is -2.21. The first-order chi connectivity index (χ1) is 12.7. The zero-order valence-electron chi connectivity index (χ0n) is 14.4. The molecule has 2 aromatic rings. The molecular formula is C20H20O6. The smallest absolute Gasteiger partial charge is 0.312 e. The van der Waals surface area contributed by atoms with Crippen molar-refractivity contribution >= 4 is 5.97 Å². The molecule has 2 aliphatic heterocycles. The summed E-state index contributed by atoms with van der Waals surface area (Å²) in [7, 11) is 1.58. The molecule has 0 aliphatic carbocycles. The second kappa shape index (κ2) is 6.88. The molecule has 3 atom stereocenters. The SMILES string of the molecule is COc1ccc([C@@H](O)[C@H]2C(=O)OC[C@@H]2Cc2ccc3c(c2)OCO3)cc1. The van der Waals surface area contributed by atoms with Crippen LogP contribution in [0.5, 0.6) is 17.2 Å². The summed E-state index contributed by atoms with van der Waals surface area (Å²) in [6.45, 7) is 0.522. The Morgan fingerprint density at radius 3 is 2.65 bits per heavy atom. The van der Waals surface area contributed by atoms with Crippen LogP contribution in [0.25, 0.3) is 0 Å². The van der Waals surface area contributed by atoms with Crippen LogP contribution in [0.3, 0.4) is 0 Å². The average molecular weight is 356 g/mol. The molecule has 2 aliphatic rings. The molecule has 0 bridgehead atoms. The fourth-order valence-electron chi connectivity index (χ4n) is 3.53. The lowest BCUT2D eigenvalue weighted by Crippen LogP contribution is -2.25. The van der Waals surface area contributed by atoms with Gasteiger partial charge in [-0.05, 0) is 41.8 Å². The number of carbonyl (C=O) groups excluding carboxylic acids is 1. The van der Waals surface area contributed by atoms with E-state index in [4.69, 9.17) is 18.9 Å². The Morgan fingerprint density at radius 2 is 1.88 bits per heavy atom. The summed E-state index contributed by atoms with van der Waals surface area (Å²) in [6.07, 6.45) is -0.310. The van der Waals surface area contributed by atoms with Gasteiger partial charge < -0.3 is 24.1 Å². The number of cyclic esters (lactones) is 1. The summed E-state index contributed by atoms with van der Waals surface area (Å²) in [6, 6.07) is 12.8. The van der Waals surface area contributed by atoms with Crippen molar-refractivity contribution in [1.29, 1.82) is 0 Å². The first kappa shape index (κ1) is 16.7. The van der Waals surface area contributed by atoms with Crippen molar-refractivity contribution in [3.8, 4) is 17.2 Å². The van der Waals surface area contributed by atoms with Crippen LogP contribution in [-0.2, 0) is 16.0 Å². The number of ether oxygens (including phenoxy) is 4. The first-order valence-corrected chi connectivity index (χ1v) is 8.53. The predicted octanol–water partition coefficient (Wildman–Crippen LogP) is 2.49. The fraction of sp³-hybridized carbons (Fsp3) is 0.350. The highest BCUT2D eigenvalue weighted by Gasteiger charge is 2.42. The maximum absolute atomic E-state index is 12.2. The Kier molecular flexibility index (Phi) is 4.42. The highest BCUT2D eigenvalue weighted by Crippen LogP contribution is 2.38. The molecule has 136 valence electrons. The van der Waals surface area contributed by atoms with Crippen LogP contribution in [0.4, 0.5) is 0 Å². The Balaban J connectivity index is 1.52. The minimum Gasteiger partial charge on any atom is -0.497 e. The van der Waals surface area contributed by atoms with E-state index in [0.717, 1.165) is 11.3 Å². The molecule has 1 fully saturated rings. The van der Waals surface area contributed by atoms with Crippen molar-refractivity contribution in [3.63, 3.8) is 0 Å². The average Bonchev–Trinajstić information content (AvgIpc) is 3.27. The molecule has 0 spiro atoms. The van der Waals surface area contributed by atoms with Gasteiger partial charge in [0.25, 0.3) is 0 Å². The standard InChI is InChI=1S/C20H20O6/c1-23-15-5-3-13(4-6-15)19(21)18-14(10-24-20(18)22)8-12-2-7-16-17(9-12)26-11-25-16/h2-7,9,14,18-19,21H,8,10-11H2,1H3/t14-,18-,19+/m0/s1. The van der Waals surface area contributed by atoms with Gasteiger partial charge >= 0.3 is 5.97 Å². The molecule has 2 aromatic carbocycles. The van der Waals surface area contributed by atoms with Gasteiger partial charge in [0.1, 0.15) is 5.75 Å². The van der Waals surface area contributed by atoms with E-state index in [1.165, 1.54) is 0 Å². The number of carbonyl (C=O) groups is 1. The highest BCUT2D eigenvalue weighted by atomic mass is 16.7. The van der Waals surface area contributed by atoms with Crippen molar-refractivity contribution in [2.24, 2.45) is 11.8 Å². The molecule has 6 nitrogen and oxygen atoms in total. The van der Waals surface area contributed by atoms with E-state index in [2.05, 4.69) is 0 Å². The predicted molar refractivity (Wildman–Crippen MR) is 92.2 cm³/mol. The monoisotopic (exact) mass is 356 g/mol. The largest absolute Gasteiger partial charge is 0.497 e. The molecule has 0 radical (unpaired) electrons. The van der Waals surface area contributed by atoms with Gasteiger partial charge in [-0.15, -0.1) is 0 Å². The fourth-order valence-corrected chi connectivity index (χ4v) is 3.53. The third-order valence-electron chi connectivity index (χ3n) is 4.95. The van der Waals surface area contributed by atoms with Gasteiger partial charge in [-0.25, -0.2) is 0 Å². The van der Waals surface area contributed by atoms with Crippen molar-refractivity contribution in [2.45, 2.75) is 12.5 Å². The normalized spacial score (nSPS) is 22.2. The number of hydrogen-bond acceptors (Lipinski definition) is 6. The van der Waals surface area contributed by atoms with E-state index in [1.807, 2.05) is 18.2 Å². The maximum Gasteiger partial charge on any atom is 0.312 e. The van der Waals surface area contributed by atoms with Crippen LogP contribution in [-0.4, -0.2) is 31.6 Å². The van der Waals surface area contributed by atoms with E-state index < -0.39 is 12.0 Å². The number of methoxy groups -OCH3 is 1. The van der Waals surface area contributed by atoms with Crippen molar-refractivity contribution < 1.29 is 28.8 Å². The molecule has 2 heterocycles. The van der Waals surface area contributed by atoms with E-state index in [9.17, 15) is 9.90 Å². The third kappa shape index (κ3) is 3.08. The van der Waals surface area contributed by atoms with Gasteiger partial charge in [0.2, 0.25) is 6.79 Å². The summed E-state index contributed by atoms with van der Waals surface area (Å²) in [4.78, 5) is 12.2. The Labute approximate surface area is 151 Å². The highest BCUT2D eigenvalue weighted by molar-refractivity contribution is 5.75. The molecule has 26 heavy (non-hydrogen) atoms. The summed E-state index contributed by atoms with van der Waals surface area (Å²) in [5, 5.41) is 10.8. The summed E-state index contributed by atoms with van der Waals surface area (Å²) >= 11 is 0. The van der Waals surface area contributed by atoms with Gasteiger partial charge in [0.15, 0.2) is 11.5 Å². The number of esters is 1. The summed E-state index contributed by atoms with van der Waals surface area (Å²) in [5.74, 6) is 1.06. The topological polar surface area (TPSA) is 74.2 Å². The number of benzene rings is 2. The minimum atomic E-state index is -0.921. The quantitative estimate of drug-likeness (QED) is 0.830. The second-order valence-corrected chi connectivity index (χ2v) is 6.53. The van der Waals surface area contributed by atoms with Gasteiger partial charge in [-0.1, -0.05) is 18.2 Å². The van der Waals surface area contributed by atoms with Crippen LogP contribution < -0.4 is 14.2 Å². The van der Waals surface area contributed by atoms with E-state index in [0.29, 0.717) is 30.1 Å². The number of hydrogen-bond donors (Lipinski definition) is 1. The van der Waals surface area contributed by atoms with Crippen LogP contribution in [0, 0.1) is 11.8 Å². The molecule has 1 N–H and O–H groups in total. The van der Waals surface area contributed by atoms with Gasteiger partial charge in [0, 0.05) is 5.92 Å². The number of aliphatic hydroxyl groups excluding tert-OH is 1. The second-order valence-electron chi connectivity index (χ2n) is 6.53. The maximum atomic E-state index is 12.2. The zero-order valence-corrected chi connectivity index (χ0v) is 14.4. The number of rotatable bonds is 5. The van der Waals surface area contributed by atoms with Crippen molar-refractivity contribution in [1.82, 2.24) is 0 Å². The molecule has 0 aromatic heterocycles. The molecular weight excluding hydrogens is 336 g/mol. The molecule has 0 unspecified atom stereocenters. The Morgan fingerprint density at radius 1 is 1.12 bits per heavy atom. The van der Waals surface area contributed by atoms with Gasteiger partial charge in [0.05, 0.1) is 25.7 Å². The van der Waals surface area contributed by atoms with E-state index in [1.54, 1.807) is 31.4 Å². The molecule has 0 saturated carbocycles. The van der Waals surface area contributed by atoms with Gasteiger partial charge in [-0.2, -0.15) is 0 Å². The van der Waals surface area contributed by atoms with E-state index >= 15 is 0 Å².